The monoisotopic (exact) mass is 368 g/mol. The van der Waals surface area contributed by atoms with Gasteiger partial charge in [0.1, 0.15) is 5.82 Å². The van der Waals surface area contributed by atoms with E-state index in [-0.39, 0.29) is 12.1 Å². The van der Waals surface area contributed by atoms with Crippen molar-refractivity contribution in [2.24, 2.45) is 7.05 Å². The van der Waals surface area contributed by atoms with Gasteiger partial charge in [0.05, 0.1) is 12.2 Å². The van der Waals surface area contributed by atoms with Gasteiger partial charge in [0.25, 0.3) is 0 Å². The summed E-state index contributed by atoms with van der Waals surface area (Å²) in [6, 6.07) is 3.90. The molecule has 0 aliphatic carbocycles. The number of fused-ring (bicyclic) bond motifs is 1. The van der Waals surface area contributed by atoms with Crippen molar-refractivity contribution in [2.75, 3.05) is 31.1 Å². The Bertz CT molecular complexity index is 924. The van der Waals surface area contributed by atoms with E-state index in [0.29, 0.717) is 13.1 Å². The average Bonchev–Trinajstić information content (AvgIpc) is 3.34. The van der Waals surface area contributed by atoms with Crippen molar-refractivity contribution < 1.29 is 4.79 Å². The SMILES string of the molecule is CC[C@@H](NC(=O)N1CCN(c2ccc3nccn3n2)CC1)c1cnn(C)c1. The molecule has 1 aliphatic rings. The molecule has 0 bridgehead atoms. The second kappa shape index (κ2) is 7.26. The minimum Gasteiger partial charge on any atom is -0.352 e. The highest BCUT2D eigenvalue weighted by atomic mass is 16.2. The molecule has 0 aromatic carbocycles. The van der Waals surface area contributed by atoms with Crippen LogP contribution in [0.25, 0.3) is 5.65 Å². The zero-order valence-corrected chi connectivity index (χ0v) is 15.6. The van der Waals surface area contributed by atoms with E-state index in [1.54, 1.807) is 15.4 Å². The third-order valence-electron chi connectivity index (χ3n) is 4.97. The number of anilines is 1. The number of carbonyl (C=O) groups excluding carboxylic acids is 1. The Hall–Kier alpha value is -3.10. The number of amides is 2. The molecule has 1 N–H and O–H groups in total. The molecular formula is C18H24N8O. The number of nitrogens with one attached hydrogen (secondary N) is 1. The number of rotatable bonds is 4. The van der Waals surface area contributed by atoms with E-state index in [1.165, 1.54) is 0 Å². The Morgan fingerprint density at radius 3 is 2.78 bits per heavy atom. The Balaban J connectivity index is 1.36. The number of nitrogens with zero attached hydrogens (tertiary/aromatic N) is 7. The van der Waals surface area contributed by atoms with Crippen LogP contribution >= 0.6 is 0 Å². The summed E-state index contributed by atoms with van der Waals surface area (Å²) in [5.74, 6) is 0.905. The summed E-state index contributed by atoms with van der Waals surface area (Å²) >= 11 is 0. The van der Waals surface area contributed by atoms with Gasteiger partial charge in [-0.05, 0) is 18.6 Å². The molecule has 1 fully saturated rings. The summed E-state index contributed by atoms with van der Waals surface area (Å²) < 4.78 is 3.53. The highest BCUT2D eigenvalue weighted by molar-refractivity contribution is 5.75. The van der Waals surface area contributed by atoms with E-state index >= 15 is 0 Å². The van der Waals surface area contributed by atoms with Crippen LogP contribution in [-0.2, 0) is 7.05 Å². The third kappa shape index (κ3) is 3.57. The van der Waals surface area contributed by atoms with E-state index in [9.17, 15) is 4.79 Å². The fourth-order valence-corrected chi connectivity index (χ4v) is 3.39. The van der Waals surface area contributed by atoms with Crippen LogP contribution in [0.5, 0.6) is 0 Å². The number of carbonyl (C=O) groups is 1. The molecule has 142 valence electrons. The zero-order valence-electron chi connectivity index (χ0n) is 15.6. The van der Waals surface area contributed by atoms with Gasteiger partial charge in [0, 0.05) is 57.4 Å². The van der Waals surface area contributed by atoms with Crippen molar-refractivity contribution in [1.82, 2.24) is 34.6 Å². The summed E-state index contributed by atoms with van der Waals surface area (Å²) in [4.78, 5) is 21.0. The lowest BCUT2D eigenvalue weighted by molar-refractivity contribution is 0.189. The van der Waals surface area contributed by atoms with E-state index in [0.717, 1.165) is 36.5 Å². The largest absolute Gasteiger partial charge is 0.352 e. The van der Waals surface area contributed by atoms with Gasteiger partial charge in [0.2, 0.25) is 0 Å². The van der Waals surface area contributed by atoms with Crippen molar-refractivity contribution in [3.05, 3.63) is 42.5 Å². The molecule has 9 nitrogen and oxygen atoms in total. The summed E-state index contributed by atoms with van der Waals surface area (Å²) in [5.41, 5.74) is 1.86. The molecule has 1 aliphatic heterocycles. The maximum atomic E-state index is 12.7. The second-order valence-electron chi connectivity index (χ2n) is 6.75. The quantitative estimate of drug-likeness (QED) is 0.753. The lowest BCUT2D eigenvalue weighted by Crippen LogP contribution is -2.52. The van der Waals surface area contributed by atoms with Crippen molar-refractivity contribution in [2.45, 2.75) is 19.4 Å². The number of aryl methyl sites for hydroxylation is 1. The van der Waals surface area contributed by atoms with Gasteiger partial charge in [-0.15, -0.1) is 5.10 Å². The number of aromatic nitrogens is 5. The molecule has 2 amide bonds. The van der Waals surface area contributed by atoms with E-state index in [2.05, 4.69) is 32.3 Å². The first-order valence-electron chi connectivity index (χ1n) is 9.23. The molecule has 0 unspecified atom stereocenters. The van der Waals surface area contributed by atoms with Crippen molar-refractivity contribution in [1.29, 1.82) is 0 Å². The predicted molar refractivity (Wildman–Crippen MR) is 102 cm³/mol. The van der Waals surface area contributed by atoms with Crippen LogP contribution in [-0.4, -0.2) is 61.5 Å². The van der Waals surface area contributed by atoms with Gasteiger partial charge in [-0.1, -0.05) is 6.92 Å². The van der Waals surface area contributed by atoms with Gasteiger partial charge in [0.15, 0.2) is 5.65 Å². The van der Waals surface area contributed by atoms with Crippen LogP contribution in [0, 0.1) is 0 Å². The minimum atomic E-state index is -0.0247. The van der Waals surface area contributed by atoms with Crippen molar-refractivity contribution in [3.63, 3.8) is 0 Å². The summed E-state index contributed by atoms with van der Waals surface area (Å²) in [6.45, 7) is 4.90. The van der Waals surface area contributed by atoms with Crippen LogP contribution in [0.2, 0.25) is 0 Å². The second-order valence-corrected chi connectivity index (χ2v) is 6.75. The molecule has 1 saturated heterocycles. The zero-order chi connectivity index (χ0) is 18.8. The van der Waals surface area contributed by atoms with Gasteiger partial charge in [-0.3, -0.25) is 4.68 Å². The topological polar surface area (TPSA) is 83.6 Å². The Morgan fingerprint density at radius 2 is 2.07 bits per heavy atom. The maximum absolute atomic E-state index is 12.7. The van der Waals surface area contributed by atoms with Gasteiger partial charge in [-0.2, -0.15) is 5.10 Å². The smallest absolute Gasteiger partial charge is 0.318 e. The molecule has 0 spiro atoms. The number of piperazine rings is 1. The number of urea groups is 1. The Morgan fingerprint density at radius 1 is 1.26 bits per heavy atom. The molecule has 4 heterocycles. The van der Waals surface area contributed by atoms with Crippen LogP contribution in [0.1, 0.15) is 24.9 Å². The Kier molecular flexibility index (Phi) is 4.66. The molecule has 3 aromatic heterocycles. The third-order valence-corrected chi connectivity index (χ3v) is 4.97. The van der Waals surface area contributed by atoms with Crippen LogP contribution < -0.4 is 10.2 Å². The first-order chi connectivity index (χ1) is 13.1. The van der Waals surface area contributed by atoms with Crippen LogP contribution in [0.4, 0.5) is 10.6 Å². The standard InChI is InChI=1S/C18H24N8O/c1-3-15(14-12-20-23(2)13-14)21-18(27)25-10-8-24(9-11-25)17-5-4-16-19-6-7-26(16)22-17/h4-7,12-13,15H,3,8-11H2,1-2H3,(H,21,27)/t15-/m1/s1. The fourth-order valence-electron chi connectivity index (χ4n) is 3.39. The van der Waals surface area contributed by atoms with E-state index < -0.39 is 0 Å². The first-order valence-corrected chi connectivity index (χ1v) is 9.23. The predicted octanol–water partition coefficient (Wildman–Crippen LogP) is 1.45. The normalized spacial score (nSPS) is 15.9. The number of hydrogen-bond acceptors (Lipinski definition) is 5. The van der Waals surface area contributed by atoms with Crippen molar-refractivity contribution in [3.8, 4) is 0 Å². The van der Waals surface area contributed by atoms with E-state index in [1.807, 2.05) is 42.7 Å². The molecule has 9 heteroatoms. The van der Waals surface area contributed by atoms with Crippen LogP contribution in [0.15, 0.2) is 36.9 Å². The molecule has 4 rings (SSSR count). The highest BCUT2D eigenvalue weighted by Crippen LogP contribution is 2.17. The van der Waals surface area contributed by atoms with Gasteiger partial charge in [-0.25, -0.2) is 14.3 Å². The van der Waals surface area contributed by atoms with E-state index in [4.69, 9.17) is 0 Å². The number of hydrogen-bond donors (Lipinski definition) is 1. The fraction of sp³-hybridized carbons (Fsp3) is 0.444. The lowest BCUT2D eigenvalue weighted by atomic mass is 10.1. The minimum absolute atomic E-state index is 0.0189. The lowest BCUT2D eigenvalue weighted by Gasteiger charge is -2.36. The maximum Gasteiger partial charge on any atom is 0.318 e. The molecule has 3 aromatic rings. The van der Waals surface area contributed by atoms with Gasteiger partial charge < -0.3 is 15.1 Å². The average molecular weight is 368 g/mol. The first kappa shape index (κ1) is 17.3. The molecular weight excluding hydrogens is 344 g/mol. The highest BCUT2D eigenvalue weighted by Gasteiger charge is 2.24. The molecule has 0 saturated carbocycles. The van der Waals surface area contributed by atoms with Gasteiger partial charge >= 0.3 is 6.03 Å². The summed E-state index contributed by atoms with van der Waals surface area (Å²) in [6.07, 6.45) is 8.16. The molecule has 0 radical (unpaired) electrons. The molecule has 1 atom stereocenters. The molecule has 27 heavy (non-hydrogen) atoms. The van der Waals surface area contributed by atoms with Crippen molar-refractivity contribution >= 4 is 17.5 Å². The van der Waals surface area contributed by atoms with Crippen LogP contribution in [0.3, 0.4) is 0 Å². The Labute approximate surface area is 157 Å². The number of imidazole rings is 1. The summed E-state index contributed by atoms with van der Waals surface area (Å²) in [7, 11) is 1.88. The summed E-state index contributed by atoms with van der Waals surface area (Å²) in [5, 5.41) is 11.9.